The second-order valence-electron chi connectivity index (χ2n) is 5.43. The van der Waals surface area contributed by atoms with Gasteiger partial charge in [0.05, 0.1) is 5.75 Å². The first kappa shape index (κ1) is 14.3. The molecule has 1 unspecified atom stereocenters. The average molecular weight is 305 g/mol. The summed E-state index contributed by atoms with van der Waals surface area (Å²) in [5, 5.41) is 5.07. The Morgan fingerprint density at radius 2 is 2.33 bits per heavy atom. The minimum atomic E-state index is 0.204. The number of nitrogens with zero attached hydrogens (tertiary/aromatic N) is 5. The lowest BCUT2D eigenvalue weighted by Crippen LogP contribution is -2.42. The molecule has 2 aromatic heterocycles. The molecule has 1 atom stereocenters. The minimum absolute atomic E-state index is 0.204. The van der Waals surface area contributed by atoms with Gasteiger partial charge in [0.2, 0.25) is 5.91 Å². The van der Waals surface area contributed by atoms with Gasteiger partial charge in [0.15, 0.2) is 0 Å². The van der Waals surface area contributed by atoms with E-state index in [0.29, 0.717) is 17.6 Å². The fourth-order valence-corrected chi connectivity index (χ4v) is 3.63. The summed E-state index contributed by atoms with van der Waals surface area (Å²) in [6.45, 7) is 4.94. The van der Waals surface area contributed by atoms with Gasteiger partial charge in [-0.15, -0.1) is 0 Å². The van der Waals surface area contributed by atoms with Crippen LogP contribution < -0.4 is 0 Å². The molecule has 0 aromatic carbocycles. The van der Waals surface area contributed by atoms with Gasteiger partial charge >= 0.3 is 0 Å². The van der Waals surface area contributed by atoms with Crippen molar-refractivity contribution in [1.82, 2.24) is 24.5 Å². The van der Waals surface area contributed by atoms with Gasteiger partial charge in [0, 0.05) is 18.3 Å². The van der Waals surface area contributed by atoms with Gasteiger partial charge in [-0.25, -0.2) is 4.98 Å². The maximum absolute atomic E-state index is 12.4. The smallest absolute Gasteiger partial charge is 0.253 e. The summed E-state index contributed by atoms with van der Waals surface area (Å²) in [6.07, 6.45) is 4.93. The van der Waals surface area contributed by atoms with Crippen molar-refractivity contribution in [2.45, 2.75) is 44.2 Å². The highest BCUT2D eigenvalue weighted by atomic mass is 32.2. The highest BCUT2D eigenvalue weighted by molar-refractivity contribution is 7.99. The number of rotatable bonds is 3. The van der Waals surface area contributed by atoms with Crippen LogP contribution in [0.1, 0.15) is 31.9 Å². The molecule has 3 heterocycles. The predicted molar refractivity (Wildman–Crippen MR) is 81.3 cm³/mol. The first-order valence-corrected chi connectivity index (χ1v) is 8.23. The normalized spacial score (nSPS) is 19.1. The molecule has 112 valence electrons. The molecule has 0 saturated carbocycles. The maximum Gasteiger partial charge on any atom is 0.253 e. The molecule has 1 amide bonds. The van der Waals surface area contributed by atoms with Crippen LogP contribution in [0.25, 0.3) is 5.78 Å². The fraction of sp³-hybridized carbons (Fsp3) is 0.571. The van der Waals surface area contributed by atoms with Gasteiger partial charge in [-0.05, 0) is 39.2 Å². The number of piperidine rings is 1. The lowest BCUT2D eigenvalue weighted by molar-refractivity contribution is -0.131. The molecule has 0 spiro atoms. The second-order valence-corrected chi connectivity index (χ2v) is 6.42. The van der Waals surface area contributed by atoms with E-state index in [1.807, 2.05) is 17.9 Å². The molecule has 21 heavy (non-hydrogen) atoms. The summed E-state index contributed by atoms with van der Waals surface area (Å²) in [5.41, 5.74) is 0.886. The molecule has 1 aliphatic heterocycles. The van der Waals surface area contributed by atoms with E-state index < -0.39 is 0 Å². The maximum atomic E-state index is 12.4. The third kappa shape index (κ3) is 3.02. The van der Waals surface area contributed by atoms with Crippen molar-refractivity contribution in [3.8, 4) is 0 Å². The third-order valence-corrected chi connectivity index (χ3v) is 4.79. The Bertz CT molecular complexity index is 656. The molecule has 6 nitrogen and oxygen atoms in total. The number of carbonyl (C=O) groups excluding carboxylic acids is 1. The Kier molecular flexibility index (Phi) is 4.10. The largest absolute Gasteiger partial charge is 0.339 e. The van der Waals surface area contributed by atoms with Crippen LogP contribution in [0.15, 0.2) is 17.4 Å². The lowest BCUT2D eigenvalue weighted by Gasteiger charge is -2.33. The highest BCUT2D eigenvalue weighted by Crippen LogP contribution is 2.22. The van der Waals surface area contributed by atoms with E-state index in [9.17, 15) is 4.79 Å². The van der Waals surface area contributed by atoms with Crippen LogP contribution in [0, 0.1) is 6.92 Å². The van der Waals surface area contributed by atoms with Gasteiger partial charge in [-0.2, -0.15) is 14.6 Å². The quantitative estimate of drug-likeness (QED) is 0.640. The zero-order valence-electron chi connectivity index (χ0n) is 12.3. The molecular weight excluding hydrogens is 286 g/mol. The van der Waals surface area contributed by atoms with Crippen molar-refractivity contribution in [1.29, 1.82) is 0 Å². The van der Waals surface area contributed by atoms with Crippen LogP contribution in [-0.2, 0) is 4.79 Å². The van der Waals surface area contributed by atoms with Crippen LogP contribution in [0.2, 0.25) is 0 Å². The van der Waals surface area contributed by atoms with Crippen molar-refractivity contribution in [2.75, 3.05) is 12.3 Å². The lowest BCUT2D eigenvalue weighted by atomic mass is 10.0. The van der Waals surface area contributed by atoms with Crippen LogP contribution in [0.4, 0.5) is 0 Å². The van der Waals surface area contributed by atoms with Crippen molar-refractivity contribution < 1.29 is 4.79 Å². The number of aryl methyl sites for hydroxylation is 1. The number of carbonyl (C=O) groups is 1. The Hall–Kier alpha value is -1.63. The number of aromatic nitrogens is 4. The molecule has 0 radical (unpaired) electrons. The van der Waals surface area contributed by atoms with E-state index in [2.05, 4.69) is 22.0 Å². The van der Waals surface area contributed by atoms with Gasteiger partial charge in [-0.3, -0.25) is 4.79 Å². The monoisotopic (exact) mass is 305 g/mol. The van der Waals surface area contributed by atoms with Crippen molar-refractivity contribution in [3.05, 3.63) is 18.1 Å². The molecule has 0 aliphatic carbocycles. The van der Waals surface area contributed by atoms with Crippen LogP contribution >= 0.6 is 11.8 Å². The van der Waals surface area contributed by atoms with Gasteiger partial charge in [0.25, 0.3) is 5.78 Å². The number of hydrogen-bond acceptors (Lipinski definition) is 5. The van der Waals surface area contributed by atoms with Gasteiger partial charge < -0.3 is 4.90 Å². The summed E-state index contributed by atoms with van der Waals surface area (Å²) >= 11 is 1.50. The summed E-state index contributed by atoms with van der Waals surface area (Å²) in [5.74, 6) is 1.22. The van der Waals surface area contributed by atoms with Crippen LogP contribution in [0.5, 0.6) is 0 Å². The number of fused-ring (bicyclic) bond motifs is 1. The zero-order valence-corrected chi connectivity index (χ0v) is 13.1. The van der Waals surface area contributed by atoms with E-state index in [4.69, 9.17) is 0 Å². The SMILES string of the molecule is Cc1cc(SCC(=O)N2CCCCC2C)n2ncnc2n1. The van der Waals surface area contributed by atoms with Crippen molar-refractivity contribution >= 4 is 23.4 Å². The standard InChI is InChI=1S/C14H19N5OS/c1-10-7-13(19-14(17-10)15-9-16-19)21-8-12(20)18-6-4-3-5-11(18)2/h7,9,11H,3-6,8H2,1-2H3. The van der Waals surface area contributed by atoms with E-state index in [1.165, 1.54) is 24.5 Å². The summed E-state index contributed by atoms with van der Waals surface area (Å²) < 4.78 is 1.69. The molecule has 2 aromatic rings. The molecular formula is C14H19N5OS. The van der Waals surface area contributed by atoms with E-state index in [0.717, 1.165) is 30.1 Å². The Balaban J connectivity index is 1.71. The fourth-order valence-electron chi connectivity index (χ4n) is 2.69. The molecule has 1 saturated heterocycles. The molecule has 0 N–H and O–H groups in total. The topological polar surface area (TPSA) is 63.4 Å². The predicted octanol–water partition coefficient (Wildman–Crippen LogP) is 1.93. The third-order valence-electron chi connectivity index (χ3n) is 3.81. The van der Waals surface area contributed by atoms with Crippen molar-refractivity contribution in [2.24, 2.45) is 0 Å². The zero-order chi connectivity index (χ0) is 14.8. The van der Waals surface area contributed by atoms with E-state index in [1.54, 1.807) is 4.52 Å². The summed E-state index contributed by atoms with van der Waals surface area (Å²) in [6, 6.07) is 2.30. The minimum Gasteiger partial charge on any atom is -0.339 e. The molecule has 1 aliphatic rings. The van der Waals surface area contributed by atoms with Crippen molar-refractivity contribution in [3.63, 3.8) is 0 Å². The van der Waals surface area contributed by atoms with Crippen LogP contribution in [-0.4, -0.2) is 48.7 Å². The Labute approximate surface area is 128 Å². The summed E-state index contributed by atoms with van der Waals surface area (Å²) in [4.78, 5) is 22.8. The first-order valence-electron chi connectivity index (χ1n) is 7.25. The van der Waals surface area contributed by atoms with E-state index >= 15 is 0 Å². The summed E-state index contributed by atoms with van der Waals surface area (Å²) in [7, 11) is 0. The second kappa shape index (κ2) is 6.01. The number of hydrogen-bond donors (Lipinski definition) is 0. The van der Waals surface area contributed by atoms with E-state index in [-0.39, 0.29) is 5.91 Å². The molecule has 7 heteroatoms. The first-order chi connectivity index (χ1) is 10.1. The van der Waals surface area contributed by atoms with Crippen LogP contribution in [0.3, 0.4) is 0 Å². The molecule has 0 bridgehead atoms. The number of amides is 1. The molecule has 1 fully saturated rings. The molecule has 3 rings (SSSR count). The van der Waals surface area contributed by atoms with Gasteiger partial charge in [0.1, 0.15) is 11.4 Å². The number of likely N-dealkylation sites (tertiary alicyclic amines) is 1. The average Bonchev–Trinajstić information content (AvgIpc) is 2.93. The van der Waals surface area contributed by atoms with Gasteiger partial charge in [-0.1, -0.05) is 11.8 Å². The Morgan fingerprint density at radius 3 is 3.14 bits per heavy atom. The Morgan fingerprint density at radius 1 is 1.48 bits per heavy atom. The number of thioether (sulfide) groups is 1. The highest BCUT2D eigenvalue weighted by Gasteiger charge is 2.23.